The van der Waals surface area contributed by atoms with E-state index in [4.69, 9.17) is 4.99 Å². The van der Waals surface area contributed by atoms with Gasteiger partial charge in [0.05, 0.1) is 5.69 Å². The third-order valence-corrected chi connectivity index (χ3v) is 6.89. The van der Waals surface area contributed by atoms with Gasteiger partial charge < -0.3 is 0 Å². The van der Waals surface area contributed by atoms with Gasteiger partial charge in [0, 0.05) is 17.0 Å². The van der Waals surface area contributed by atoms with Crippen molar-refractivity contribution >= 4 is 11.4 Å². The van der Waals surface area contributed by atoms with E-state index >= 15 is 0 Å². The van der Waals surface area contributed by atoms with E-state index in [2.05, 4.69) is 84.9 Å². The van der Waals surface area contributed by atoms with E-state index in [9.17, 15) is 0 Å². The summed E-state index contributed by atoms with van der Waals surface area (Å²) in [4.78, 5) is 5.34. The first kappa shape index (κ1) is 18.4. The smallest absolute Gasteiger partial charge is 0.0671 e. The fraction of sp³-hybridized carbons (Fsp3) is 0.321. The summed E-state index contributed by atoms with van der Waals surface area (Å²) in [6, 6.07) is 30.9. The Bertz CT molecular complexity index is 940. The van der Waals surface area contributed by atoms with Crippen LogP contribution >= 0.6 is 0 Å². The second-order valence-corrected chi connectivity index (χ2v) is 8.73. The molecular weight excluding hydrogens is 350 g/mol. The van der Waals surface area contributed by atoms with Gasteiger partial charge >= 0.3 is 0 Å². The summed E-state index contributed by atoms with van der Waals surface area (Å²) in [6.07, 6.45) is 8.62. The summed E-state index contributed by atoms with van der Waals surface area (Å²) in [7, 11) is 0. The minimum absolute atomic E-state index is 0.156. The first-order chi connectivity index (χ1) is 14.4. The van der Waals surface area contributed by atoms with Crippen LogP contribution in [0.3, 0.4) is 0 Å². The first-order valence-corrected chi connectivity index (χ1v) is 11.1. The fourth-order valence-corrected chi connectivity index (χ4v) is 5.58. The van der Waals surface area contributed by atoms with Crippen LogP contribution < -0.4 is 0 Å². The third kappa shape index (κ3) is 3.55. The Morgan fingerprint density at radius 3 is 1.83 bits per heavy atom. The minimum Gasteiger partial charge on any atom is -0.256 e. The lowest BCUT2D eigenvalue weighted by Gasteiger charge is -2.39. The quantitative estimate of drug-likeness (QED) is 0.449. The molecule has 0 bridgehead atoms. The molecule has 2 aliphatic rings. The van der Waals surface area contributed by atoms with Crippen molar-refractivity contribution < 1.29 is 0 Å². The molecule has 3 aromatic rings. The summed E-state index contributed by atoms with van der Waals surface area (Å²) >= 11 is 0. The summed E-state index contributed by atoms with van der Waals surface area (Å²) < 4.78 is 0. The average molecular weight is 380 g/mol. The number of para-hydroxylation sites is 1. The maximum atomic E-state index is 5.34. The molecule has 1 saturated carbocycles. The van der Waals surface area contributed by atoms with Gasteiger partial charge in [0.25, 0.3) is 0 Å². The van der Waals surface area contributed by atoms with Gasteiger partial charge in [-0.15, -0.1) is 0 Å². The highest BCUT2D eigenvalue weighted by atomic mass is 14.8. The molecule has 0 atom stereocenters. The van der Waals surface area contributed by atoms with Gasteiger partial charge in [-0.1, -0.05) is 98.1 Å². The molecule has 1 fully saturated rings. The zero-order valence-electron chi connectivity index (χ0n) is 17.1. The van der Waals surface area contributed by atoms with E-state index in [1.54, 1.807) is 0 Å². The van der Waals surface area contributed by atoms with Crippen molar-refractivity contribution in [2.24, 2.45) is 10.9 Å². The van der Waals surface area contributed by atoms with Crippen molar-refractivity contribution in [3.05, 3.63) is 102 Å². The highest BCUT2D eigenvalue weighted by Gasteiger charge is 2.46. The fourth-order valence-electron chi connectivity index (χ4n) is 5.58. The monoisotopic (exact) mass is 379 g/mol. The first-order valence-electron chi connectivity index (χ1n) is 11.1. The van der Waals surface area contributed by atoms with Crippen LogP contribution in [0.5, 0.6) is 0 Å². The molecule has 5 rings (SSSR count). The molecule has 0 N–H and O–H groups in total. The van der Waals surface area contributed by atoms with Crippen LogP contribution in [0.4, 0.5) is 5.69 Å². The topological polar surface area (TPSA) is 12.4 Å². The minimum atomic E-state index is 0.156. The largest absolute Gasteiger partial charge is 0.256 e. The van der Waals surface area contributed by atoms with Crippen LogP contribution in [-0.2, 0) is 18.3 Å². The molecule has 0 saturated heterocycles. The van der Waals surface area contributed by atoms with E-state index in [0.717, 1.165) is 12.8 Å². The number of hydrogen-bond acceptors (Lipinski definition) is 1. The summed E-state index contributed by atoms with van der Waals surface area (Å²) in [5.74, 6) is 0.435. The van der Waals surface area contributed by atoms with Gasteiger partial charge in [-0.3, -0.25) is 4.99 Å². The molecule has 0 aromatic heterocycles. The van der Waals surface area contributed by atoms with Gasteiger partial charge in [-0.05, 0) is 48.4 Å². The zero-order valence-corrected chi connectivity index (χ0v) is 17.1. The molecule has 1 aliphatic carbocycles. The molecule has 1 nitrogen and oxygen atoms in total. The predicted molar refractivity (Wildman–Crippen MR) is 122 cm³/mol. The van der Waals surface area contributed by atoms with Crippen LogP contribution in [0, 0.1) is 5.92 Å². The number of rotatable bonds is 5. The van der Waals surface area contributed by atoms with Crippen molar-refractivity contribution in [3.8, 4) is 0 Å². The van der Waals surface area contributed by atoms with Gasteiger partial charge in [0.15, 0.2) is 0 Å². The molecule has 0 unspecified atom stereocenters. The maximum absolute atomic E-state index is 5.34. The average Bonchev–Trinajstić information content (AvgIpc) is 3.09. The molecule has 146 valence electrons. The predicted octanol–water partition coefficient (Wildman–Crippen LogP) is 7.08. The number of aliphatic imine (C=N–C) groups is 1. The third-order valence-electron chi connectivity index (χ3n) is 6.89. The molecule has 0 amide bonds. The molecule has 29 heavy (non-hydrogen) atoms. The molecular formula is C28H29N. The van der Waals surface area contributed by atoms with Gasteiger partial charge in [0.1, 0.15) is 0 Å². The Kier molecular flexibility index (Phi) is 5.06. The summed E-state index contributed by atoms with van der Waals surface area (Å²) in [5, 5.41) is 0. The SMILES string of the molecule is c1ccc(CC(Cc2ccccc2)C2=Nc3ccccc3C23CCCCC3)cc1. The van der Waals surface area contributed by atoms with Crippen LogP contribution in [0.25, 0.3) is 0 Å². The van der Waals surface area contributed by atoms with Crippen LogP contribution in [0.2, 0.25) is 0 Å². The lowest BCUT2D eigenvalue weighted by Crippen LogP contribution is -2.41. The Balaban J connectivity index is 1.57. The van der Waals surface area contributed by atoms with E-state index in [1.165, 1.54) is 60.2 Å². The molecule has 0 radical (unpaired) electrons. The second-order valence-electron chi connectivity index (χ2n) is 8.73. The van der Waals surface area contributed by atoms with Crippen molar-refractivity contribution in [3.63, 3.8) is 0 Å². The molecule has 1 heterocycles. The zero-order chi connectivity index (χ0) is 19.5. The van der Waals surface area contributed by atoms with Crippen LogP contribution in [0.15, 0.2) is 89.9 Å². The second kappa shape index (κ2) is 7.99. The summed E-state index contributed by atoms with van der Waals surface area (Å²) in [6.45, 7) is 0. The number of fused-ring (bicyclic) bond motifs is 2. The number of nitrogens with zero attached hydrogens (tertiary/aromatic N) is 1. The Hall–Kier alpha value is -2.67. The van der Waals surface area contributed by atoms with E-state index in [0.29, 0.717) is 5.92 Å². The summed E-state index contributed by atoms with van der Waals surface area (Å²) in [5.41, 5.74) is 7.14. The van der Waals surface area contributed by atoms with E-state index in [1.807, 2.05) is 0 Å². The molecule has 1 spiro atoms. The normalized spacial score (nSPS) is 17.3. The van der Waals surface area contributed by atoms with E-state index in [-0.39, 0.29) is 5.41 Å². The highest BCUT2D eigenvalue weighted by molar-refractivity contribution is 6.03. The molecule has 1 aliphatic heterocycles. The van der Waals surface area contributed by atoms with Gasteiger partial charge in [-0.25, -0.2) is 0 Å². The number of benzene rings is 3. The van der Waals surface area contributed by atoms with Gasteiger partial charge in [-0.2, -0.15) is 0 Å². The lowest BCUT2D eigenvalue weighted by molar-refractivity contribution is 0.372. The Morgan fingerprint density at radius 2 is 1.21 bits per heavy atom. The van der Waals surface area contributed by atoms with Crippen molar-refractivity contribution in [2.45, 2.75) is 50.4 Å². The standard InChI is InChI=1S/C28H29N/c1-4-12-22(13-5-1)20-24(21-23-14-6-2-7-15-23)27-28(18-10-3-11-19-28)25-16-8-9-17-26(25)29-27/h1-2,4-9,12-17,24H,3,10-11,18-21H2. The van der Waals surface area contributed by atoms with Crippen LogP contribution in [0.1, 0.15) is 48.8 Å². The molecule has 3 aromatic carbocycles. The van der Waals surface area contributed by atoms with Crippen molar-refractivity contribution in [1.82, 2.24) is 0 Å². The Labute approximate surface area is 174 Å². The highest BCUT2D eigenvalue weighted by Crippen LogP contribution is 2.51. The lowest BCUT2D eigenvalue weighted by atomic mass is 9.63. The van der Waals surface area contributed by atoms with Crippen molar-refractivity contribution in [1.29, 1.82) is 0 Å². The molecule has 1 heteroatoms. The Morgan fingerprint density at radius 1 is 0.655 bits per heavy atom. The van der Waals surface area contributed by atoms with E-state index < -0.39 is 0 Å². The van der Waals surface area contributed by atoms with Crippen LogP contribution in [-0.4, -0.2) is 5.71 Å². The maximum Gasteiger partial charge on any atom is 0.0671 e. The number of hydrogen-bond donors (Lipinski definition) is 0. The van der Waals surface area contributed by atoms with Gasteiger partial charge in [0.2, 0.25) is 0 Å². The van der Waals surface area contributed by atoms with Crippen molar-refractivity contribution in [2.75, 3.05) is 0 Å².